The Hall–Kier alpha value is -3.19. The highest BCUT2D eigenvalue weighted by molar-refractivity contribution is 5.58. The third-order valence-electron chi connectivity index (χ3n) is 5.88. The van der Waals surface area contributed by atoms with Crippen molar-refractivity contribution in [2.45, 2.75) is 46.5 Å². The average molecular weight is 448 g/mol. The molecule has 0 aliphatic carbocycles. The summed E-state index contributed by atoms with van der Waals surface area (Å²) >= 11 is 0. The SMILES string of the molecule is C#CC(=C\C(OC)=C(/C)N(C)C=NC)/C=C/C(=C)N(CC)CCC(CC)c1ccc(C)cc1. The minimum absolute atomic E-state index is 0.540. The van der Waals surface area contributed by atoms with Gasteiger partial charge in [-0.25, -0.2) is 0 Å². The van der Waals surface area contributed by atoms with Gasteiger partial charge in [0.1, 0.15) is 5.76 Å². The second-order valence-electron chi connectivity index (χ2n) is 8.09. The van der Waals surface area contributed by atoms with Gasteiger partial charge in [-0.05, 0) is 63.3 Å². The van der Waals surface area contributed by atoms with Crippen molar-refractivity contribution >= 4 is 6.34 Å². The third-order valence-corrected chi connectivity index (χ3v) is 5.88. The Balaban J connectivity index is 2.92. The molecule has 1 atom stereocenters. The van der Waals surface area contributed by atoms with Crippen molar-refractivity contribution in [1.82, 2.24) is 9.80 Å². The minimum atomic E-state index is 0.540. The Kier molecular flexibility index (Phi) is 12.5. The van der Waals surface area contributed by atoms with Gasteiger partial charge in [-0.3, -0.25) is 4.99 Å². The lowest BCUT2D eigenvalue weighted by Crippen LogP contribution is -2.24. The van der Waals surface area contributed by atoms with Gasteiger partial charge >= 0.3 is 0 Å². The van der Waals surface area contributed by atoms with Gasteiger partial charge in [0.15, 0.2) is 0 Å². The van der Waals surface area contributed by atoms with Crippen LogP contribution < -0.4 is 0 Å². The zero-order chi connectivity index (χ0) is 24.8. The van der Waals surface area contributed by atoms with Crippen molar-refractivity contribution < 1.29 is 4.74 Å². The molecule has 1 aromatic carbocycles. The minimum Gasteiger partial charge on any atom is -0.495 e. The smallest absolute Gasteiger partial charge is 0.139 e. The molecule has 0 N–H and O–H groups in total. The first-order chi connectivity index (χ1) is 15.8. The number of aryl methyl sites for hydroxylation is 1. The molecule has 0 saturated heterocycles. The van der Waals surface area contributed by atoms with Gasteiger partial charge in [0.25, 0.3) is 0 Å². The maximum atomic E-state index is 5.77. The van der Waals surface area contributed by atoms with Gasteiger partial charge in [-0.2, -0.15) is 0 Å². The Morgan fingerprint density at radius 3 is 2.42 bits per heavy atom. The molecule has 0 aliphatic rings. The molecule has 33 heavy (non-hydrogen) atoms. The predicted octanol–water partition coefficient (Wildman–Crippen LogP) is 6.30. The summed E-state index contributed by atoms with van der Waals surface area (Å²) in [5.41, 5.74) is 5.29. The van der Waals surface area contributed by atoms with E-state index in [1.807, 2.05) is 37.1 Å². The van der Waals surface area contributed by atoms with Gasteiger partial charge in [-0.1, -0.05) is 49.3 Å². The van der Waals surface area contributed by atoms with Crippen LogP contribution in [0.4, 0.5) is 0 Å². The van der Waals surface area contributed by atoms with E-state index in [0.717, 1.165) is 42.9 Å². The molecule has 1 rings (SSSR count). The molecule has 1 aromatic rings. The summed E-state index contributed by atoms with van der Waals surface area (Å²) in [6, 6.07) is 8.90. The molecule has 0 radical (unpaired) electrons. The van der Waals surface area contributed by atoms with Crippen LogP contribution in [-0.2, 0) is 4.74 Å². The molecule has 1 unspecified atom stereocenters. The number of methoxy groups -OCH3 is 1. The van der Waals surface area contributed by atoms with Crippen LogP contribution in [0.15, 0.2) is 76.8 Å². The monoisotopic (exact) mass is 447 g/mol. The summed E-state index contributed by atoms with van der Waals surface area (Å²) in [6.45, 7) is 14.6. The van der Waals surface area contributed by atoms with Crippen LogP contribution in [0.2, 0.25) is 0 Å². The number of likely N-dealkylation sites (N-methyl/N-ethyl adjacent to an activating group) is 1. The van der Waals surface area contributed by atoms with E-state index in [-0.39, 0.29) is 0 Å². The van der Waals surface area contributed by atoms with E-state index in [4.69, 9.17) is 11.2 Å². The largest absolute Gasteiger partial charge is 0.495 e. The zero-order valence-corrected chi connectivity index (χ0v) is 21.6. The number of allylic oxidation sites excluding steroid dienone is 5. The molecule has 0 saturated carbocycles. The molecule has 0 aromatic heterocycles. The first-order valence-corrected chi connectivity index (χ1v) is 11.6. The highest BCUT2D eigenvalue weighted by atomic mass is 16.5. The van der Waals surface area contributed by atoms with Crippen molar-refractivity contribution in [3.8, 4) is 12.3 Å². The Morgan fingerprint density at radius 1 is 1.24 bits per heavy atom. The van der Waals surface area contributed by atoms with Crippen LogP contribution in [0.1, 0.15) is 50.7 Å². The number of hydrogen-bond donors (Lipinski definition) is 0. The van der Waals surface area contributed by atoms with E-state index in [2.05, 4.69) is 67.4 Å². The van der Waals surface area contributed by atoms with Gasteiger partial charge in [0, 0.05) is 38.5 Å². The summed E-state index contributed by atoms with van der Waals surface area (Å²) in [4.78, 5) is 8.23. The molecule has 0 amide bonds. The zero-order valence-electron chi connectivity index (χ0n) is 21.6. The first-order valence-electron chi connectivity index (χ1n) is 11.6. The van der Waals surface area contributed by atoms with Crippen molar-refractivity contribution in [2.24, 2.45) is 4.99 Å². The molecule has 4 nitrogen and oxygen atoms in total. The van der Waals surface area contributed by atoms with Crippen molar-refractivity contribution in [3.05, 3.63) is 82.9 Å². The lowest BCUT2D eigenvalue weighted by Gasteiger charge is -2.26. The van der Waals surface area contributed by atoms with Crippen LogP contribution in [0, 0.1) is 19.3 Å². The number of nitrogens with zero attached hydrogens (tertiary/aromatic N) is 3. The topological polar surface area (TPSA) is 28.1 Å². The maximum absolute atomic E-state index is 5.77. The Morgan fingerprint density at radius 2 is 1.91 bits per heavy atom. The first kappa shape index (κ1) is 27.8. The molecule has 0 bridgehead atoms. The Bertz CT molecular complexity index is 913. The van der Waals surface area contributed by atoms with Crippen LogP contribution in [0.5, 0.6) is 0 Å². The predicted molar refractivity (Wildman–Crippen MR) is 143 cm³/mol. The lowest BCUT2D eigenvalue weighted by molar-refractivity contribution is 0.293. The average Bonchev–Trinajstić information content (AvgIpc) is 2.82. The highest BCUT2D eigenvalue weighted by Crippen LogP contribution is 2.24. The van der Waals surface area contributed by atoms with Crippen LogP contribution in [0.25, 0.3) is 0 Å². The highest BCUT2D eigenvalue weighted by Gasteiger charge is 2.12. The summed E-state index contributed by atoms with van der Waals surface area (Å²) < 4.78 is 5.55. The molecular formula is C29H41N3O. The van der Waals surface area contributed by atoms with Crippen molar-refractivity contribution in [2.75, 3.05) is 34.3 Å². The van der Waals surface area contributed by atoms with Gasteiger partial charge in [-0.15, -0.1) is 6.42 Å². The number of benzene rings is 1. The van der Waals surface area contributed by atoms with E-state index >= 15 is 0 Å². The molecular weight excluding hydrogens is 406 g/mol. The number of aliphatic imine (C=N–C) groups is 1. The standard InChI is InChI=1S/C29H41N3O/c1-10-26(21-29(33-9)25(6)31(8)22-30-7)16-15-24(5)32(12-3)20-19-27(11-2)28-17-13-23(4)14-18-28/h1,13-18,21-22,27H,5,11-12,19-20H2,2-4,6-9H3/b16-15+,26-21+,29-25-,30-22?. The van der Waals surface area contributed by atoms with Crippen LogP contribution in [0.3, 0.4) is 0 Å². The van der Waals surface area contributed by atoms with E-state index in [9.17, 15) is 0 Å². The van der Waals surface area contributed by atoms with E-state index in [0.29, 0.717) is 11.7 Å². The number of hydrogen-bond acceptors (Lipinski definition) is 3. The number of terminal acetylenes is 1. The molecule has 0 heterocycles. The summed E-state index contributed by atoms with van der Waals surface area (Å²) in [5.74, 6) is 3.97. The Labute approximate surface area is 202 Å². The normalized spacial score (nSPS) is 13.6. The van der Waals surface area contributed by atoms with Gasteiger partial charge in [0.2, 0.25) is 0 Å². The van der Waals surface area contributed by atoms with E-state index < -0.39 is 0 Å². The number of ether oxygens (including phenoxy) is 1. The van der Waals surface area contributed by atoms with Crippen LogP contribution >= 0.6 is 0 Å². The third kappa shape index (κ3) is 9.06. The summed E-state index contributed by atoms with van der Waals surface area (Å²) in [5, 5.41) is 0. The van der Waals surface area contributed by atoms with Crippen molar-refractivity contribution in [1.29, 1.82) is 0 Å². The fourth-order valence-corrected chi connectivity index (χ4v) is 3.58. The molecule has 4 heteroatoms. The molecule has 0 fully saturated rings. The van der Waals surface area contributed by atoms with Gasteiger partial charge < -0.3 is 14.5 Å². The molecule has 0 spiro atoms. The van der Waals surface area contributed by atoms with Crippen molar-refractivity contribution in [3.63, 3.8) is 0 Å². The molecule has 178 valence electrons. The fraction of sp³-hybridized carbons (Fsp3) is 0.414. The molecule has 0 aliphatic heterocycles. The number of rotatable bonds is 13. The lowest BCUT2D eigenvalue weighted by atomic mass is 9.92. The maximum Gasteiger partial charge on any atom is 0.139 e. The second kappa shape index (κ2) is 14.8. The van der Waals surface area contributed by atoms with E-state index in [1.165, 1.54) is 11.1 Å². The second-order valence-corrected chi connectivity index (χ2v) is 8.09. The van der Waals surface area contributed by atoms with Crippen LogP contribution in [-0.4, -0.2) is 50.4 Å². The van der Waals surface area contributed by atoms with E-state index in [1.54, 1.807) is 20.5 Å². The van der Waals surface area contributed by atoms with Gasteiger partial charge in [0.05, 0.1) is 19.1 Å². The summed E-state index contributed by atoms with van der Waals surface area (Å²) in [7, 11) is 5.29. The summed E-state index contributed by atoms with van der Waals surface area (Å²) in [6.07, 6.45) is 15.5. The quantitative estimate of drug-likeness (QED) is 0.117. The fourth-order valence-electron chi connectivity index (χ4n) is 3.58.